The summed E-state index contributed by atoms with van der Waals surface area (Å²) in [5.41, 5.74) is 3.85. The van der Waals surface area contributed by atoms with E-state index in [1.165, 1.54) is 0 Å². The van der Waals surface area contributed by atoms with Gasteiger partial charge in [-0.25, -0.2) is 14.4 Å². The lowest BCUT2D eigenvalue weighted by Crippen LogP contribution is -2.48. The first-order valence-electron chi connectivity index (χ1n) is 14.1. The molecule has 2 aromatic carbocycles. The fraction of sp³-hybridized carbons (Fsp3) is 0.406. The summed E-state index contributed by atoms with van der Waals surface area (Å²) in [6.07, 6.45) is 2.27. The highest BCUT2D eigenvalue weighted by atomic mass is 16.6. The lowest BCUT2D eigenvalue weighted by atomic mass is 9.74. The monoisotopic (exact) mass is 559 g/mol. The number of rotatable bonds is 5. The number of carbonyl (C=O) groups is 3. The van der Waals surface area contributed by atoms with Gasteiger partial charge in [-0.1, -0.05) is 42.5 Å². The fourth-order valence-corrected chi connectivity index (χ4v) is 5.57. The van der Waals surface area contributed by atoms with Crippen molar-refractivity contribution in [3.05, 3.63) is 77.5 Å². The number of hydrogen-bond acceptors (Lipinski definition) is 6. The van der Waals surface area contributed by atoms with E-state index < -0.39 is 11.7 Å². The number of carbonyl (C=O) groups excluding carboxylic acids is 3. The van der Waals surface area contributed by atoms with Crippen LogP contribution in [0.15, 0.2) is 60.8 Å². The molecule has 1 fully saturated rings. The van der Waals surface area contributed by atoms with Crippen LogP contribution in [0.1, 0.15) is 62.0 Å². The second-order valence-electron chi connectivity index (χ2n) is 11.6. The number of esters is 1. The highest BCUT2D eigenvalue weighted by Crippen LogP contribution is 2.48. The van der Waals surface area contributed by atoms with Gasteiger partial charge in [-0.3, -0.25) is 4.90 Å². The summed E-state index contributed by atoms with van der Waals surface area (Å²) < 4.78 is 16.5. The number of aromatic amines is 1. The van der Waals surface area contributed by atoms with Crippen molar-refractivity contribution in [3.63, 3.8) is 0 Å². The number of likely N-dealkylation sites (tertiary alicyclic amines) is 1. The minimum atomic E-state index is -0.648. The largest absolute Gasteiger partial charge is 0.462 e. The van der Waals surface area contributed by atoms with Crippen LogP contribution in [0.25, 0.3) is 11.3 Å². The Labute approximate surface area is 240 Å². The molecule has 1 spiro atoms. The van der Waals surface area contributed by atoms with Crippen LogP contribution >= 0.6 is 0 Å². The summed E-state index contributed by atoms with van der Waals surface area (Å²) in [6.45, 7) is 9.37. The number of nitrogens with zero attached hydrogens (tertiary/aromatic N) is 2. The van der Waals surface area contributed by atoms with Gasteiger partial charge in [-0.2, -0.15) is 0 Å². The van der Waals surface area contributed by atoms with Crippen molar-refractivity contribution in [2.75, 3.05) is 31.1 Å². The second-order valence-corrected chi connectivity index (χ2v) is 11.6. The van der Waals surface area contributed by atoms with Crippen molar-refractivity contribution in [1.82, 2.24) is 9.88 Å². The van der Waals surface area contributed by atoms with E-state index >= 15 is 0 Å². The zero-order chi connectivity index (χ0) is 29.2. The number of benzene rings is 2. The Hall–Kier alpha value is -4.27. The molecule has 0 unspecified atom stereocenters. The average Bonchev–Trinajstić information content (AvgIpc) is 3.56. The van der Waals surface area contributed by atoms with Gasteiger partial charge < -0.3 is 24.1 Å². The summed E-state index contributed by atoms with van der Waals surface area (Å²) in [7, 11) is 0. The van der Waals surface area contributed by atoms with Gasteiger partial charge in [0.1, 0.15) is 12.2 Å². The molecule has 3 heterocycles. The Morgan fingerprint density at radius 1 is 0.951 bits per heavy atom. The molecule has 9 nitrogen and oxygen atoms in total. The van der Waals surface area contributed by atoms with Gasteiger partial charge >= 0.3 is 18.2 Å². The van der Waals surface area contributed by atoms with Crippen molar-refractivity contribution in [2.24, 2.45) is 0 Å². The van der Waals surface area contributed by atoms with E-state index in [2.05, 4.69) is 11.1 Å². The fourth-order valence-electron chi connectivity index (χ4n) is 5.57. The summed E-state index contributed by atoms with van der Waals surface area (Å²) in [4.78, 5) is 45.0. The molecule has 0 aliphatic carbocycles. The molecule has 3 aromatic rings. The maximum absolute atomic E-state index is 13.4. The van der Waals surface area contributed by atoms with Crippen molar-refractivity contribution in [1.29, 1.82) is 0 Å². The van der Waals surface area contributed by atoms with E-state index in [0.29, 0.717) is 44.6 Å². The molecule has 2 aliphatic heterocycles. The normalized spacial score (nSPS) is 15.9. The number of amides is 2. The number of anilines is 1. The third kappa shape index (κ3) is 6.09. The van der Waals surface area contributed by atoms with Gasteiger partial charge in [-0.05, 0) is 63.8 Å². The molecule has 1 aromatic heterocycles. The second kappa shape index (κ2) is 11.3. The summed E-state index contributed by atoms with van der Waals surface area (Å²) in [5, 5.41) is 0. The SMILES string of the molecule is CCOC(=O)c1c[nH]c(-c2ccc3c(c2)N(C(=O)OC(C)(C)C)CC32CCN(C(=O)OCc3ccccc3)CC2)c1. The smallest absolute Gasteiger partial charge is 0.414 e. The van der Waals surface area contributed by atoms with Crippen LogP contribution < -0.4 is 4.90 Å². The highest BCUT2D eigenvalue weighted by Gasteiger charge is 2.48. The van der Waals surface area contributed by atoms with E-state index in [0.717, 1.165) is 28.1 Å². The maximum Gasteiger partial charge on any atom is 0.414 e. The Morgan fingerprint density at radius 2 is 1.68 bits per heavy atom. The number of ether oxygens (including phenoxy) is 3. The zero-order valence-electron chi connectivity index (χ0n) is 24.1. The molecule has 0 saturated carbocycles. The molecule has 1 saturated heterocycles. The standard InChI is InChI=1S/C32H37N3O6/c1-5-39-28(36)24-17-26(33-19-24)23-11-12-25-27(18-23)35(30(38)41-31(2,3)4)21-32(25)13-15-34(16-14-32)29(37)40-20-22-9-7-6-8-10-22/h6-12,17-19,33H,5,13-16,20-21H2,1-4H3. The van der Waals surface area contributed by atoms with Gasteiger partial charge in [0.25, 0.3) is 0 Å². The van der Waals surface area contributed by atoms with E-state index in [-0.39, 0.29) is 24.1 Å². The number of piperidine rings is 1. The Kier molecular flexibility index (Phi) is 7.80. The van der Waals surface area contributed by atoms with Crippen LogP contribution in [0.2, 0.25) is 0 Å². The zero-order valence-corrected chi connectivity index (χ0v) is 24.1. The van der Waals surface area contributed by atoms with Crippen molar-refractivity contribution >= 4 is 23.8 Å². The average molecular weight is 560 g/mol. The summed E-state index contributed by atoms with van der Waals surface area (Å²) in [6, 6.07) is 17.4. The molecule has 9 heteroatoms. The Bertz CT molecular complexity index is 1420. The first-order chi connectivity index (χ1) is 19.6. The van der Waals surface area contributed by atoms with Crippen LogP contribution in [0.4, 0.5) is 15.3 Å². The molecular formula is C32H37N3O6. The van der Waals surface area contributed by atoms with Gasteiger partial charge in [-0.15, -0.1) is 0 Å². The van der Waals surface area contributed by atoms with E-state index in [9.17, 15) is 14.4 Å². The number of aromatic nitrogens is 1. The van der Waals surface area contributed by atoms with Crippen LogP contribution in [0.3, 0.4) is 0 Å². The predicted molar refractivity (Wildman–Crippen MR) is 155 cm³/mol. The number of nitrogens with one attached hydrogen (secondary N) is 1. The van der Waals surface area contributed by atoms with Crippen LogP contribution in [0, 0.1) is 0 Å². The van der Waals surface area contributed by atoms with Gasteiger partial charge in [0, 0.05) is 42.5 Å². The molecule has 5 rings (SSSR count). The molecule has 0 atom stereocenters. The molecule has 0 bridgehead atoms. The molecule has 2 amide bonds. The maximum atomic E-state index is 13.4. The molecule has 216 valence electrons. The van der Waals surface area contributed by atoms with E-state index in [1.54, 1.807) is 29.0 Å². The predicted octanol–water partition coefficient (Wildman–Crippen LogP) is 6.28. The topological polar surface area (TPSA) is 101 Å². The van der Waals surface area contributed by atoms with E-state index in [1.807, 2.05) is 63.2 Å². The van der Waals surface area contributed by atoms with Crippen LogP contribution in [-0.2, 0) is 26.2 Å². The molecular weight excluding hydrogens is 522 g/mol. The first kappa shape index (κ1) is 28.3. The Balaban J connectivity index is 1.37. The Morgan fingerprint density at radius 3 is 2.37 bits per heavy atom. The molecule has 2 aliphatic rings. The van der Waals surface area contributed by atoms with Gasteiger partial charge in [0.2, 0.25) is 0 Å². The van der Waals surface area contributed by atoms with Crippen molar-refractivity contribution < 1.29 is 28.6 Å². The van der Waals surface area contributed by atoms with Crippen molar-refractivity contribution in [3.8, 4) is 11.3 Å². The lowest BCUT2D eigenvalue weighted by molar-refractivity contribution is 0.0524. The minimum absolute atomic E-state index is 0.232. The third-order valence-corrected chi connectivity index (χ3v) is 7.62. The third-order valence-electron chi connectivity index (χ3n) is 7.62. The summed E-state index contributed by atoms with van der Waals surface area (Å²) >= 11 is 0. The molecule has 41 heavy (non-hydrogen) atoms. The number of hydrogen-bond donors (Lipinski definition) is 1. The highest BCUT2D eigenvalue weighted by molar-refractivity contribution is 5.94. The quantitative estimate of drug-likeness (QED) is 0.292. The van der Waals surface area contributed by atoms with Crippen LogP contribution in [0.5, 0.6) is 0 Å². The summed E-state index contributed by atoms with van der Waals surface area (Å²) in [5.74, 6) is -0.389. The van der Waals surface area contributed by atoms with E-state index in [4.69, 9.17) is 14.2 Å². The van der Waals surface area contributed by atoms with Gasteiger partial charge in [0.05, 0.1) is 17.9 Å². The number of H-pyrrole nitrogens is 1. The lowest BCUT2D eigenvalue weighted by Gasteiger charge is -2.39. The molecule has 0 radical (unpaired) electrons. The van der Waals surface area contributed by atoms with Crippen molar-refractivity contribution in [2.45, 2.75) is 58.2 Å². The minimum Gasteiger partial charge on any atom is -0.462 e. The first-order valence-corrected chi connectivity index (χ1v) is 14.1. The van der Waals surface area contributed by atoms with Crippen LogP contribution in [-0.4, -0.2) is 59.9 Å². The number of fused-ring (bicyclic) bond motifs is 2. The van der Waals surface area contributed by atoms with Gasteiger partial charge in [0.15, 0.2) is 0 Å². The molecule has 1 N–H and O–H groups in total.